The highest BCUT2D eigenvalue weighted by Crippen LogP contribution is 2.29. The third-order valence-corrected chi connectivity index (χ3v) is 3.50. The normalized spacial score (nSPS) is 10.6. The molecule has 0 aliphatic carbocycles. The fourth-order valence-corrected chi connectivity index (χ4v) is 2.21. The largest absolute Gasteiger partial charge is 0.493 e. The average molecular weight is 364 g/mol. The van der Waals surface area contributed by atoms with Crippen molar-refractivity contribution >= 4 is 23.3 Å². The van der Waals surface area contributed by atoms with Crippen LogP contribution in [0, 0.1) is 0 Å². The maximum absolute atomic E-state index is 12.8. The molecule has 7 heteroatoms. The van der Waals surface area contributed by atoms with E-state index in [2.05, 4.69) is 10.3 Å². The van der Waals surface area contributed by atoms with E-state index in [9.17, 15) is 4.79 Å². The minimum Gasteiger partial charge on any atom is -0.493 e. The van der Waals surface area contributed by atoms with Crippen LogP contribution < -0.4 is 14.8 Å². The monoisotopic (exact) mass is 363 g/mol. The SMILES string of the molecule is CCOc1cccc(OCCN(C)C)c1C(=O)Nc1ccc(Cl)cn1. The molecule has 0 unspecified atom stereocenters. The summed E-state index contributed by atoms with van der Waals surface area (Å²) in [6.07, 6.45) is 1.47. The van der Waals surface area contributed by atoms with E-state index >= 15 is 0 Å². The van der Waals surface area contributed by atoms with Crippen molar-refractivity contribution in [1.29, 1.82) is 0 Å². The van der Waals surface area contributed by atoms with Crippen LogP contribution in [-0.4, -0.2) is 49.6 Å². The van der Waals surface area contributed by atoms with Crippen LogP contribution >= 0.6 is 11.6 Å². The molecule has 1 aromatic heterocycles. The van der Waals surface area contributed by atoms with Crippen LogP contribution in [0.3, 0.4) is 0 Å². The number of pyridine rings is 1. The number of anilines is 1. The molecule has 0 bridgehead atoms. The topological polar surface area (TPSA) is 63.7 Å². The summed E-state index contributed by atoms with van der Waals surface area (Å²) in [6.45, 7) is 3.50. The minimum atomic E-state index is -0.348. The molecule has 6 nitrogen and oxygen atoms in total. The summed E-state index contributed by atoms with van der Waals surface area (Å²) >= 11 is 5.82. The number of hydrogen-bond donors (Lipinski definition) is 1. The zero-order valence-electron chi connectivity index (χ0n) is 14.6. The molecular formula is C18H22ClN3O3. The fourth-order valence-electron chi connectivity index (χ4n) is 2.10. The highest BCUT2D eigenvalue weighted by atomic mass is 35.5. The van der Waals surface area contributed by atoms with Crippen LogP contribution in [0.2, 0.25) is 5.02 Å². The van der Waals surface area contributed by atoms with Gasteiger partial charge in [-0.1, -0.05) is 17.7 Å². The van der Waals surface area contributed by atoms with E-state index in [0.717, 1.165) is 6.54 Å². The molecule has 0 atom stereocenters. The lowest BCUT2D eigenvalue weighted by Crippen LogP contribution is -2.21. The second-order valence-corrected chi connectivity index (χ2v) is 5.97. The van der Waals surface area contributed by atoms with Crippen LogP contribution in [0.5, 0.6) is 11.5 Å². The lowest BCUT2D eigenvalue weighted by atomic mass is 10.1. The molecule has 0 saturated carbocycles. The van der Waals surface area contributed by atoms with Gasteiger partial charge in [0.2, 0.25) is 0 Å². The second kappa shape index (κ2) is 9.25. The van der Waals surface area contributed by atoms with Crippen LogP contribution in [-0.2, 0) is 0 Å². The van der Waals surface area contributed by atoms with E-state index < -0.39 is 0 Å². The first-order chi connectivity index (χ1) is 12.0. The molecule has 134 valence electrons. The van der Waals surface area contributed by atoms with Gasteiger partial charge in [0.15, 0.2) is 0 Å². The summed E-state index contributed by atoms with van der Waals surface area (Å²) in [5.41, 5.74) is 0.347. The first-order valence-corrected chi connectivity index (χ1v) is 8.35. The summed E-state index contributed by atoms with van der Waals surface area (Å²) in [6, 6.07) is 8.59. The Hall–Kier alpha value is -2.31. The molecule has 1 aromatic carbocycles. The highest BCUT2D eigenvalue weighted by molar-refractivity contribution is 6.30. The van der Waals surface area contributed by atoms with E-state index in [0.29, 0.717) is 41.1 Å². The Kier molecular flexibility index (Phi) is 7.03. The summed E-state index contributed by atoms with van der Waals surface area (Å²) in [7, 11) is 3.92. The van der Waals surface area contributed by atoms with Gasteiger partial charge in [-0.05, 0) is 45.3 Å². The zero-order valence-corrected chi connectivity index (χ0v) is 15.3. The van der Waals surface area contributed by atoms with Crippen molar-refractivity contribution in [2.75, 3.05) is 39.2 Å². The van der Waals surface area contributed by atoms with Gasteiger partial charge in [0.05, 0.1) is 11.6 Å². The van der Waals surface area contributed by atoms with E-state index in [1.54, 1.807) is 30.3 Å². The number of hydrogen-bond acceptors (Lipinski definition) is 5. The summed E-state index contributed by atoms with van der Waals surface area (Å²) in [5, 5.41) is 3.25. The number of ether oxygens (including phenoxy) is 2. The highest BCUT2D eigenvalue weighted by Gasteiger charge is 2.19. The van der Waals surface area contributed by atoms with Gasteiger partial charge in [-0.25, -0.2) is 4.98 Å². The quantitative estimate of drug-likeness (QED) is 0.779. The molecule has 0 radical (unpaired) electrons. The third-order valence-electron chi connectivity index (χ3n) is 3.28. The number of likely N-dealkylation sites (N-methyl/N-ethyl adjacent to an activating group) is 1. The number of aromatic nitrogens is 1. The Morgan fingerprint density at radius 1 is 1.20 bits per heavy atom. The van der Waals surface area contributed by atoms with Gasteiger partial charge in [0.25, 0.3) is 5.91 Å². The third kappa shape index (κ3) is 5.62. The Bertz CT molecular complexity index is 705. The number of carbonyl (C=O) groups is 1. The smallest absolute Gasteiger partial charge is 0.264 e. The van der Waals surface area contributed by atoms with Crippen LogP contribution in [0.15, 0.2) is 36.5 Å². The molecule has 0 saturated heterocycles. The molecule has 1 heterocycles. The molecule has 2 rings (SSSR count). The molecule has 1 N–H and O–H groups in total. The first kappa shape index (κ1) is 19.0. The van der Waals surface area contributed by atoms with Gasteiger partial charge in [0, 0.05) is 12.7 Å². The molecule has 0 aliphatic rings. The number of nitrogens with zero attached hydrogens (tertiary/aromatic N) is 2. The van der Waals surface area contributed by atoms with Gasteiger partial charge < -0.3 is 19.7 Å². The van der Waals surface area contributed by atoms with E-state index in [4.69, 9.17) is 21.1 Å². The summed E-state index contributed by atoms with van der Waals surface area (Å²) < 4.78 is 11.4. The summed E-state index contributed by atoms with van der Waals surface area (Å²) in [5.74, 6) is 0.995. The maximum atomic E-state index is 12.8. The number of halogens is 1. The van der Waals surface area contributed by atoms with Gasteiger partial charge in [0.1, 0.15) is 29.5 Å². The molecule has 25 heavy (non-hydrogen) atoms. The van der Waals surface area contributed by atoms with Crippen LogP contribution in [0.4, 0.5) is 5.82 Å². The molecular weight excluding hydrogens is 342 g/mol. The van der Waals surface area contributed by atoms with Crippen molar-refractivity contribution in [1.82, 2.24) is 9.88 Å². The predicted molar refractivity (Wildman–Crippen MR) is 98.9 cm³/mol. The Balaban J connectivity index is 2.24. The van der Waals surface area contributed by atoms with Crippen molar-refractivity contribution in [3.05, 3.63) is 47.1 Å². The number of benzene rings is 1. The number of rotatable bonds is 8. The Labute approximate surface area is 152 Å². The van der Waals surface area contributed by atoms with Crippen molar-refractivity contribution in [2.24, 2.45) is 0 Å². The lowest BCUT2D eigenvalue weighted by molar-refractivity contribution is 0.101. The van der Waals surface area contributed by atoms with Crippen LogP contribution in [0.25, 0.3) is 0 Å². The first-order valence-electron chi connectivity index (χ1n) is 7.97. The van der Waals surface area contributed by atoms with Gasteiger partial charge in [-0.2, -0.15) is 0 Å². The standard InChI is InChI=1S/C18H22ClN3O3/c1-4-24-14-6-5-7-15(25-11-10-22(2)3)17(14)18(23)21-16-9-8-13(19)12-20-16/h5-9,12H,4,10-11H2,1-3H3,(H,20,21,23). The van der Waals surface area contributed by atoms with Gasteiger partial charge >= 0.3 is 0 Å². The van der Waals surface area contributed by atoms with Crippen molar-refractivity contribution in [3.8, 4) is 11.5 Å². The number of amides is 1. The second-order valence-electron chi connectivity index (χ2n) is 5.53. The molecule has 1 amide bonds. The Morgan fingerprint density at radius 2 is 1.92 bits per heavy atom. The molecule has 2 aromatic rings. The van der Waals surface area contributed by atoms with Crippen molar-refractivity contribution < 1.29 is 14.3 Å². The van der Waals surface area contributed by atoms with Gasteiger partial charge in [-0.15, -0.1) is 0 Å². The van der Waals surface area contributed by atoms with E-state index in [-0.39, 0.29) is 5.91 Å². The summed E-state index contributed by atoms with van der Waals surface area (Å²) in [4.78, 5) is 18.8. The van der Waals surface area contributed by atoms with Gasteiger partial charge in [-0.3, -0.25) is 4.79 Å². The van der Waals surface area contributed by atoms with E-state index in [1.807, 2.05) is 25.9 Å². The Morgan fingerprint density at radius 3 is 2.52 bits per heavy atom. The zero-order chi connectivity index (χ0) is 18.2. The average Bonchev–Trinajstić information content (AvgIpc) is 2.57. The molecule has 0 spiro atoms. The molecule has 0 aliphatic heterocycles. The van der Waals surface area contributed by atoms with Crippen molar-refractivity contribution in [2.45, 2.75) is 6.92 Å². The fraction of sp³-hybridized carbons (Fsp3) is 0.333. The van der Waals surface area contributed by atoms with Crippen molar-refractivity contribution in [3.63, 3.8) is 0 Å². The minimum absolute atomic E-state index is 0.347. The molecule has 0 fully saturated rings. The van der Waals surface area contributed by atoms with Crippen LogP contribution in [0.1, 0.15) is 17.3 Å². The van der Waals surface area contributed by atoms with E-state index in [1.165, 1.54) is 6.20 Å². The number of nitrogens with one attached hydrogen (secondary N) is 1. The predicted octanol–water partition coefficient (Wildman–Crippen LogP) is 3.33. The lowest BCUT2D eigenvalue weighted by Gasteiger charge is -2.16. The number of carbonyl (C=O) groups excluding carboxylic acids is 1. The maximum Gasteiger partial charge on any atom is 0.264 e.